The Labute approximate surface area is 68.6 Å². The Kier molecular flexibility index (Phi) is 3.87. The Morgan fingerprint density at radius 1 is 1.27 bits per heavy atom. The second kappa shape index (κ2) is 4.73. The first-order chi connectivity index (χ1) is 5.33. The molecule has 1 aliphatic carbocycles. The van der Waals surface area contributed by atoms with Crippen molar-refractivity contribution in [2.24, 2.45) is 11.8 Å². The van der Waals surface area contributed by atoms with Crippen LogP contribution in [0.3, 0.4) is 0 Å². The Morgan fingerprint density at radius 3 is 2.45 bits per heavy atom. The monoisotopic (exact) mass is 158 g/mol. The SMILES string of the molecule is CC1CCC(COCO)CC1. The molecular weight excluding hydrogens is 140 g/mol. The van der Waals surface area contributed by atoms with Crippen LogP contribution in [0.5, 0.6) is 0 Å². The van der Waals surface area contributed by atoms with Crippen LogP contribution < -0.4 is 0 Å². The molecule has 0 saturated heterocycles. The van der Waals surface area contributed by atoms with Gasteiger partial charge >= 0.3 is 0 Å². The van der Waals surface area contributed by atoms with E-state index in [1.807, 2.05) is 0 Å². The van der Waals surface area contributed by atoms with Crippen molar-refractivity contribution in [3.63, 3.8) is 0 Å². The van der Waals surface area contributed by atoms with E-state index in [0.29, 0.717) is 5.92 Å². The Morgan fingerprint density at radius 2 is 1.91 bits per heavy atom. The van der Waals surface area contributed by atoms with Gasteiger partial charge in [0.25, 0.3) is 0 Å². The molecule has 0 aromatic carbocycles. The summed E-state index contributed by atoms with van der Waals surface area (Å²) in [5.41, 5.74) is 0. The van der Waals surface area contributed by atoms with Gasteiger partial charge in [0, 0.05) is 0 Å². The third kappa shape index (κ3) is 3.21. The molecule has 0 unspecified atom stereocenters. The second-order valence-electron chi connectivity index (χ2n) is 3.63. The largest absolute Gasteiger partial charge is 0.371 e. The average molecular weight is 158 g/mol. The van der Waals surface area contributed by atoms with Crippen molar-refractivity contribution in [3.8, 4) is 0 Å². The van der Waals surface area contributed by atoms with Crippen LogP contribution in [0, 0.1) is 11.8 Å². The molecule has 1 aliphatic rings. The summed E-state index contributed by atoms with van der Waals surface area (Å²) in [6, 6.07) is 0. The molecule has 0 aliphatic heterocycles. The molecule has 0 spiro atoms. The molecule has 0 radical (unpaired) electrons. The van der Waals surface area contributed by atoms with Gasteiger partial charge in [0.05, 0.1) is 6.61 Å². The number of hydrogen-bond donors (Lipinski definition) is 1. The van der Waals surface area contributed by atoms with E-state index in [4.69, 9.17) is 9.84 Å². The predicted molar refractivity (Wildman–Crippen MR) is 44.2 cm³/mol. The molecule has 0 aromatic heterocycles. The van der Waals surface area contributed by atoms with Crippen molar-refractivity contribution >= 4 is 0 Å². The van der Waals surface area contributed by atoms with Crippen LogP contribution in [0.1, 0.15) is 32.6 Å². The Bertz CT molecular complexity index is 93.0. The second-order valence-corrected chi connectivity index (χ2v) is 3.63. The zero-order chi connectivity index (χ0) is 8.10. The smallest absolute Gasteiger partial charge is 0.143 e. The van der Waals surface area contributed by atoms with E-state index in [0.717, 1.165) is 12.5 Å². The van der Waals surface area contributed by atoms with Crippen LogP contribution in [0.2, 0.25) is 0 Å². The van der Waals surface area contributed by atoms with E-state index in [2.05, 4.69) is 6.92 Å². The van der Waals surface area contributed by atoms with Crippen LogP contribution in [0.25, 0.3) is 0 Å². The van der Waals surface area contributed by atoms with E-state index in [-0.39, 0.29) is 6.79 Å². The fourth-order valence-corrected chi connectivity index (χ4v) is 1.72. The molecule has 0 atom stereocenters. The molecule has 0 bridgehead atoms. The summed E-state index contributed by atoms with van der Waals surface area (Å²) in [5, 5.41) is 8.43. The molecule has 0 aromatic rings. The maximum atomic E-state index is 8.43. The summed E-state index contributed by atoms with van der Waals surface area (Å²) in [7, 11) is 0. The first-order valence-electron chi connectivity index (χ1n) is 4.51. The van der Waals surface area contributed by atoms with Gasteiger partial charge in [-0.05, 0) is 24.7 Å². The lowest BCUT2D eigenvalue weighted by Crippen LogP contribution is -2.17. The van der Waals surface area contributed by atoms with E-state index in [1.165, 1.54) is 25.7 Å². The van der Waals surface area contributed by atoms with Crippen LogP contribution >= 0.6 is 0 Å². The first-order valence-corrected chi connectivity index (χ1v) is 4.51. The van der Waals surface area contributed by atoms with Gasteiger partial charge in [-0.2, -0.15) is 0 Å². The van der Waals surface area contributed by atoms with Gasteiger partial charge < -0.3 is 9.84 Å². The van der Waals surface area contributed by atoms with Crippen molar-refractivity contribution in [3.05, 3.63) is 0 Å². The summed E-state index contributed by atoms with van der Waals surface area (Å²) in [6.45, 7) is 2.94. The molecule has 0 amide bonds. The minimum Gasteiger partial charge on any atom is -0.371 e. The quantitative estimate of drug-likeness (QED) is 0.634. The molecule has 11 heavy (non-hydrogen) atoms. The van der Waals surface area contributed by atoms with Gasteiger partial charge in [0.1, 0.15) is 6.79 Å². The number of aliphatic hydroxyl groups is 1. The number of ether oxygens (including phenoxy) is 1. The molecule has 2 nitrogen and oxygen atoms in total. The highest BCUT2D eigenvalue weighted by Crippen LogP contribution is 2.28. The van der Waals surface area contributed by atoms with Gasteiger partial charge in [-0.3, -0.25) is 0 Å². The highest BCUT2D eigenvalue weighted by molar-refractivity contribution is 4.69. The third-order valence-corrected chi connectivity index (χ3v) is 2.58. The highest BCUT2D eigenvalue weighted by Gasteiger charge is 2.17. The summed E-state index contributed by atoms with van der Waals surface area (Å²) in [6.07, 6.45) is 5.22. The van der Waals surface area contributed by atoms with Crippen LogP contribution in [-0.4, -0.2) is 18.5 Å². The summed E-state index contributed by atoms with van der Waals surface area (Å²) >= 11 is 0. The average Bonchev–Trinajstić information content (AvgIpc) is 2.04. The normalized spacial score (nSPS) is 32.2. The van der Waals surface area contributed by atoms with Crippen molar-refractivity contribution in [2.45, 2.75) is 32.6 Å². The lowest BCUT2D eigenvalue weighted by Gasteiger charge is -2.25. The molecule has 1 saturated carbocycles. The standard InChI is InChI=1S/C9H18O2/c1-8-2-4-9(5-3-8)6-11-7-10/h8-10H,2-7H2,1H3. The topological polar surface area (TPSA) is 29.5 Å². The lowest BCUT2D eigenvalue weighted by molar-refractivity contribution is -0.0241. The molecule has 1 N–H and O–H groups in total. The summed E-state index contributed by atoms with van der Waals surface area (Å²) in [4.78, 5) is 0. The van der Waals surface area contributed by atoms with Crippen LogP contribution in [0.4, 0.5) is 0 Å². The maximum absolute atomic E-state index is 8.43. The first kappa shape index (κ1) is 9.01. The summed E-state index contributed by atoms with van der Waals surface area (Å²) < 4.78 is 4.96. The minimum absolute atomic E-state index is 0.119. The molecule has 66 valence electrons. The van der Waals surface area contributed by atoms with E-state index in [9.17, 15) is 0 Å². The third-order valence-electron chi connectivity index (χ3n) is 2.58. The van der Waals surface area contributed by atoms with Gasteiger partial charge in [-0.1, -0.05) is 19.8 Å². The lowest BCUT2D eigenvalue weighted by atomic mass is 9.83. The zero-order valence-electron chi connectivity index (χ0n) is 7.25. The molecule has 2 heteroatoms. The molecule has 1 rings (SSSR count). The fourth-order valence-electron chi connectivity index (χ4n) is 1.72. The van der Waals surface area contributed by atoms with Gasteiger partial charge in [0.15, 0.2) is 0 Å². The summed E-state index contributed by atoms with van der Waals surface area (Å²) in [5.74, 6) is 1.61. The van der Waals surface area contributed by atoms with Crippen molar-refractivity contribution in [2.75, 3.05) is 13.4 Å². The van der Waals surface area contributed by atoms with Crippen molar-refractivity contribution < 1.29 is 9.84 Å². The van der Waals surface area contributed by atoms with Gasteiger partial charge in [-0.15, -0.1) is 0 Å². The van der Waals surface area contributed by atoms with Crippen molar-refractivity contribution in [1.29, 1.82) is 0 Å². The molecule has 0 heterocycles. The fraction of sp³-hybridized carbons (Fsp3) is 1.00. The van der Waals surface area contributed by atoms with E-state index in [1.54, 1.807) is 0 Å². The Hall–Kier alpha value is -0.0800. The Balaban J connectivity index is 2.07. The van der Waals surface area contributed by atoms with Crippen LogP contribution in [-0.2, 0) is 4.74 Å². The molecule has 1 fully saturated rings. The van der Waals surface area contributed by atoms with Gasteiger partial charge in [-0.25, -0.2) is 0 Å². The van der Waals surface area contributed by atoms with E-state index >= 15 is 0 Å². The number of hydrogen-bond acceptors (Lipinski definition) is 2. The highest BCUT2D eigenvalue weighted by atomic mass is 16.6. The molecular formula is C9H18O2. The number of rotatable bonds is 3. The van der Waals surface area contributed by atoms with Crippen LogP contribution in [0.15, 0.2) is 0 Å². The minimum atomic E-state index is -0.119. The van der Waals surface area contributed by atoms with Crippen molar-refractivity contribution in [1.82, 2.24) is 0 Å². The number of aliphatic hydroxyl groups excluding tert-OH is 1. The zero-order valence-corrected chi connectivity index (χ0v) is 7.25. The van der Waals surface area contributed by atoms with Gasteiger partial charge in [0.2, 0.25) is 0 Å². The predicted octanol–water partition coefficient (Wildman–Crippen LogP) is 1.78. The van der Waals surface area contributed by atoms with E-state index < -0.39 is 0 Å². The maximum Gasteiger partial charge on any atom is 0.143 e.